The number of benzene rings is 6. The molecule has 0 aliphatic carbocycles. The molecular formula is C79H101Cl6N9O16S3. The number of nitrogens with one attached hydrogen (secondary N) is 5. The molecule has 25 nitrogen and oxygen atoms in total. The van der Waals surface area contributed by atoms with Gasteiger partial charge in [-0.3, -0.25) is 14.4 Å². The van der Waals surface area contributed by atoms with Crippen molar-refractivity contribution < 1.29 is 72.9 Å². The second kappa shape index (κ2) is 44.2. The Kier molecular flexibility index (Phi) is 35.7. The van der Waals surface area contributed by atoms with Gasteiger partial charge in [0.1, 0.15) is 5.78 Å². The molecule has 34 heteroatoms. The number of nitrogens with zero attached hydrogens (tertiary/aromatic N) is 3. The van der Waals surface area contributed by atoms with Crippen LogP contribution in [0.2, 0.25) is 30.1 Å². The van der Waals surface area contributed by atoms with Gasteiger partial charge in [0, 0.05) is 158 Å². The number of carbonyl (C=O) groups is 4. The van der Waals surface area contributed by atoms with Gasteiger partial charge in [-0.2, -0.15) is 0 Å². The second-order valence-electron chi connectivity index (χ2n) is 28.6. The largest absolute Gasteiger partial charge is 0.379 e. The molecule has 0 bridgehead atoms. The van der Waals surface area contributed by atoms with Crippen molar-refractivity contribution >= 4 is 123 Å². The smallest absolute Gasteiger partial charge is 0.312 e. The van der Waals surface area contributed by atoms with E-state index in [0.717, 1.165) is 50.1 Å². The summed E-state index contributed by atoms with van der Waals surface area (Å²) in [4.78, 5) is 59.8. The van der Waals surface area contributed by atoms with E-state index in [9.17, 15) is 44.4 Å². The number of amides is 4. The highest BCUT2D eigenvalue weighted by Crippen LogP contribution is 2.43. The first kappa shape index (κ1) is 91.3. The molecule has 0 saturated carbocycles. The molecule has 113 heavy (non-hydrogen) atoms. The van der Waals surface area contributed by atoms with Crippen molar-refractivity contribution in [2.24, 2.45) is 5.73 Å². The maximum atomic E-state index is 13.5. The van der Waals surface area contributed by atoms with Crippen molar-refractivity contribution in [1.82, 2.24) is 40.1 Å². The highest BCUT2D eigenvalue weighted by molar-refractivity contribution is 7.91. The van der Waals surface area contributed by atoms with Crippen LogP contribution in [0.5, 0.6) is 0 Å². The van der Waals surface area contributed by atoms with Crippen molar-refractivity contribution in [3.63, 3.8) is 0 Å². The minimum atomic E-state index is -3.90. The zero-order valence-corrected chi connectivity index (χ0v) is 70.7. The van der Waals surface area contributed by atoms with Crippen LogP contribution in [0, 0.1) is 0 Å². The number of hydrogen-bond donors (Lipinski definition) is 6. The van der Waals surface area contributed by atoms with Gasteiger partial charge < -0.3 is 64.8 Å². The van der Waals surface area contributed by atoms with Crippen LogP contribution < -0.4 is 31.1 Å². The van der Waals surface area contributed by atoms with Gasteiger partial charge in [-0.25, -0.2) is 39.5 Å². The summed E-state index contributed by atoms with van der Waals surface area (Å²) in [6.45, 7) is 5.88. The standard InChI is InChI=1S/C79H101Cl6N9O16S3/c1-92-48-67(64-42-57(80)45-73(83)70(64)51-92)54-9-4-13-61(39-54)111(99,100)38-8-27-106-33-34-107-28-22-87-76(96)17-20-79(91-78(86)98,19-16-60(95)12-7-26-105-32-35-109-30-24-89-112(101,102)62-14-5-10-55(40-62)68-49-93(2)52-71-65(68)43-58(81)46-74(71)84)21-18-77(97)88-23-29-108-36-37-110-31-25-90-113(103,104)63-15-6-11-56(41-63)69-50-94(3)53-72-66(69)44-59(82)47-75(72)85/h4-6,9-11,13-15,39-47,67-69,89-90H,7-8,12,16-38,48-53H2,1-3H3,(H,87,96)(H,88,97)(H3,86,91,98)/t67-,68-,69-,79?/m0/s1. The van der Waals surface area contributed by atoms with Crippen molar-refractivity contribution in [3.8, 4) is 0 Å². The Hall–Kier alpha value is -5.65. The number of halogens is 6. The number of hydrogen-bond acceptors (Lipinski definition) is 19. The number of likely N-dealkylation sites (N-methyl/N-ethyl adjacent to an activating group) is 3. The molecule has 0 radical (unpaired) electrons. The summed E-state index contributed by atoms with van der Waals surface area (Å²) in [5, 5.41) is 11.6. The number of nitrogens with two attached hydrogens (primary N) is 1. The third-order valence-corrected chi connectivity index (χ3v) is 26.3. The Morgan fingerprint density at radius 3 is 1.17 bits per heavy atom. The highest BCUT2D eigenvalue weighted by atomic mass is 35.5. The molecule has 4 amide bonds. The van der Waals surface area contributed by atoms with Crippen LogP contribution in [0.25, 0.3) is 0 Å². The lowest BCUT2D eigenvalue weighted by Gasteiger charge is -2.34. The maximum absolute atomic E-state index is 13.5. The molecule has 7 N–H and O–H groups in total. The van der Waals surface area contributed by atoms with Gasteiger partial charge in [0.25, 0.3) is 0 Å². The Balaban J connectivity index is 0.676. The van der Waals surface area contributed by atoms with Gasteiger partial charge in [0.15, 0.2) is 9.84 Å². The highest BCUT2D eigenvalue weighted by Gasteiger charge is 2.35. The van der Waals surface area contributed by atoms with Gasteiger partial charge in [0.05, 0.1) is 86.5 Å². The maximum Gasteiger partial charge on any atom is 0.312 e. The van der Waals surface area contributed by atoms with E-state index in [0.29, 0.717) is 75.8 Å². The number of primary amides is 1. The van der Waals surface area contributed by atoms with E-state index >= 15 is 0 Å². The average Bonchev–Trinajstić information content (AvgIpc) is 0.781. The SMILES string of the molecule is CN1Cc2c(Cl)cc(Cl)cc2[C@H](c2cccc(S(=O)(=O)CCCOCCOCCNC(=O)CCC(CCC(=O)CCCOCCOCCNS(=O)(=O)c3cccc([C@@H]4CN(C)Cc5c(Cl)cc(Cl)cc54)c3)(CCC(=O)NCCOCCOCCNS(=O)(=O)c3cccc([C@@H]4CN(C)Cc5c(Cl)cc(Cl)cc54)c3)NC(N)=O)c2)C1. The van der Waals surface area contributed by atoms with E-state index in [1.807, 2.05) is 57.5 Å². The first-order valence-corrected chi connectivity index (χ1v) is 44.5. The summed E-state index contributed by atoms with van der Waals surface area (Å²) in [5.74, 6) is -1.49. The van der Waals surface area contributed by atoms with E-state index in [4.69, 9.17) is 104 Å². The third kappa shape index (κ3) is 28.0. The minimum Gasteiger partial charge on any atom is -0.379 e. The number of ether oxygens (including phenoxy) is 6. The summed E-state index contributed by atoms with van der Waals surface area (Å²) in [5.41, 5.74) is 12.7. The number of fused-ring (bicyclic) bond motifs is 3. The molecule has 0 fully saturated rings. The van der Waals surface area contributed by atoms with Gasteiger partial charge >= 0.3 is 6.03 Å². The predicted molar refractivity (Wildman–Crippen MR) is 439 cm³/mol. The van der Waals surface area contributed by atoms with Crippen LogP contribution in [0.1, 0.15) is 126 Å². The van der Waals surface area contributed by atoms with Crippen LogP contribution in [0.15, 0.2) is 124 Å². The number of ketones is 1. The number of urea groups is 1. The monoisotopic (exact) mass is 1740 g/mol. The lowest BCUT2D eigenvalue weighted by Crippen LogP contribution is -2.52. The summed E-state index contributed by atoms with van der Waals surface area (Å²) >= 11 is 38.9. The Morgan fingerprint density at radius 1 is 0.434 bits per heavy atom. The number of sulfone groups is 1. The molecule has 3 aliphatic heterocycles. The van der Waals surface area contributed by atoms with Crippen LogP contribution in [-0.2, 0) is 92.3 Å². The van der Waals surface area contributed by atoms with Crippen LogP contribution in [0.4, 0.5) is 4.79 Å². The van der Waals surface area contributed by atoms with Crippen LogP contribution in [0.3, 0.4) is 0 Å². The fraction of sp³-hybridized carbons (Fsp3) is 0.494. The van der Waals surface area contributed by atoms with Gasteiger partial charge in [-0.05, 0) is 176 Å². The molecule has 3 aliphatic rings. The van der Waals surface area contributed by atoms with Crippen LogP contribution in [-0.4, -0.2) is 221 Å². The Labute approximate surface area is 693 Å². The number of rotatable bonds is 47. The lowest BCUT2D eigenvalue weighted by molar-refractivity contribution is -0.121. The number of sulfonamides is 2. The van der Waals surface area contributed by atoms with E-state index < -0.39 is 47.4 Å². The van der Waals surface area contributed by atoms with Gasteiger partial charge in [-0.1, -0.05) is 106 Å². The molecule has 0 saturated heterocycles. The third-order valence-electron chi connectivity index (χ3n) is 19.9. The fourth-order valence-electron chi connectivity index (χ4n) is 14.3. The Bertz CT molecular complexity index is 4160. The molecule has 4 atom stereocenters. The molecule has 0 spiro atoms. The summed E-state index contributed by atoms with van der Waals surface area (Å²) in [6.07, 6.45) is 0.550. The average molecular weight is 1740 g/mol. The molecule has 3 heterocycles. The van der Waals surface area contributed by atoms with E-state index in [1.54, 1.807) is 60.7 Å². The van der Waals surface area contributed by atoms with Gasteiger partial charge in [0.2, 0.25) is 31.9 Å². The van der Waals surface area contributed by atoms with Crippen molar-refractivity contribution in [2.45, 2.75) is 115 Å². The second-order valence-corrected chi connectivity index (χ2v) is 36.8. The zero-order valence-electron chi connectivity index (χ0n) is 63.7. The van der Waals surface area contributed by atoms with Crippen molar-refractivity contribution in [2.75, 3.05) is 152 Å². The van der Waals surface area contributed by atoms with E-state index in [1.165, 1.54) is 12.1 Å². The van der Waals surface area contributed by atoms with Crippen LogP contribution >= 0.6 is 69.6 Å². The molecule has 6 aromatic carbocycles. The summed E-state index contributed by atoms with van der Waals surface area (Å²) < 4.78 is 120. The molecule has 0 aromatic heterocycles. The predicted octanol–water partition coefficient (Wildman–Crippen LogP) is 10.9. The van der Waals surface area contributed by atoms with Crippen molar-refractivity contribution in [3.05, 3.63) is 189 Å². The quantitative estimate of drug-likeness (QED) is 0.0193. The van der Waals surface area contributed by atoms with E-state index in [-0.39, 0.29) is 207 Å². The Morgan fingerprint density at radius 2 is 0.779 bits per heavy atom. The topological polar surface area (TPSA) is 322 Å². The van der Waals surface area contributed by atoms with Crippen molar-refractivity contribution in [1.29, 1.82) is 0 Å². The molecule has 9 rings (SSSR count). The number of Topliss-reactive ketones (excluding diaryl/α,β-unsaturated/α-hetero) is 1. The lowest BCUT2D eigenvalue weighted by atomic mass is 9.82. The molecular weight excluding hydrogens is 1640 g/mol. The summed E-state index contributed by atoms with van der Waals surface area (Å²) in [6, 6.07) is 30.5. The first-order valence-electron chi connectivity index (χ1n) is 37.6. The summed E-state index contributed by atoms with van der Waals surface area (Å²) in [7, 11) is -5.48. The van der Waals surface area contributed by atoms with Gasteiger partial charge in [-0.15, -0.1) is 0 Å². The molecule has 618 valence electrons. The zero-order chi connectivity index (χ0) is 81.3. The molecule has 6 aromatic rings. The molecule has 1 unspecified atom stereocenters. The normalized spacial score (nSPS) is 16.7. The van der Waals surface area contributed by atoms with E-state index in [2.05, 4.69) is 40.1 Å². The first-order chi connectivity index (χ1) is 54.0. The fourth-order valence-corrected chi connectivity index (χ4v) is 19.5. The minimum absolute atomic E-state index is 0.000470. The number of carbonyl (C=O) groups excluding carboxylic acids is 4.